The van der Waals surface area contributed by atoms with E-state index in [1.807, 2.05) is 24.3 Å². The fourth-order valence-corrected chi connectivity index (χ4v) is 1.80. The number of halogens is 1. The van der Waals surface area contributed by atoms with E-state index in [0.717, 1.165) is 10.0 Å². The quantitative estimate of drug-likeness (QED) is 0.877. The van der Waals surface area contributed by atoms with Crippen molar-refractivity contribution in [3.05, 3.63) is 34.3 Å². The minimum atomic E-state index is -0.412. The van der Waals surface area contributed by atoms with E-state index >= 15 is 0 Å². The third-order valence-electron chi connectivity index (χ3n) is 2.44. The summed E-state index contributed by atoms with van der Waals surface area (Å²) in [4.78, 5) is 11.7. The summed E-state index contributed by atoms with van der Waals surface area (Å²) in [5.74, 6) is 0.352. The zero-order chi connectivity index (χ0) is 12.8. The molecule has 4 heteroatoms. The van der Waals surface area contributed by atoms with Crippen molar-refractivity contribution in [2.24, 2.45) is 11.7 Å². The number of rotatable bonds is 5. The molecular formula is C13H19BrN2O. The number of amides is 1. The summed E-state index contributed by atoms with van der Waals surface area (Å²) in [6.45, 7) is 4.64. The van der Waals surface area contributed by atoms with E-state index in [1.165, 1.54) is 0 Å². The predicted octanol–water partition coefficient (Wildman–Crippen LogP) is 2.44. The molecule has 0 fully saturated rings. The van der Waals surface area contributed by atoms with Gasteiger partial charge in [-0.15, -0.1) is 0 Å². The highest BCUT2D eigenvalue weighted by Crippen LogP contribution is 2.10. The minimum absolute atomic E-state index is 0.0818. The van der Waals surface area contributed by atoms with Gasteiger partial charge >= 0.3 is 0 Å². The Morgan fingerprint density at radius 1 is 1.35 bits per heavy atom. The van der Waals surface area contributed by atoms with Gasteiger partial charge in [-0.1, -0.05) is 41.9 Å². The monoisotopic (exact) mass is 298 g/mol. The van der Waals surface area contributed by atoms with Crippen LogP contribution in [0.3, 0.4) is 0 Å². The Morgan fingerprint density at radius 3 is 2.47 bits per heavy atom. The van der Waals surface area contributed by atoms with Gasteiger partial charge in [0.15, 0.2) is 0 Å². The average molecular weight is 299 g/mol. The van der Waals surface area contributed by atoms with E-state index in [2.05, 4.69) is 35.1 Å². The fraction of sp³-hybridized carbons (Fsp3) is 0.462. The van der Waals surface area contributed by atoms with Gasteiger partial charge < -0.3 is 11.1 Å². The van der Waals surface area contributed by atoms with Crippen LogP contribution in [0, 0.1) is 5.92 Å². The summed E-state index contributed by atoms with van der Waals surface area (Å²) in [6.07, 6.45) is 0.714. The molecule has 0 heterocycles. The van der Waals surface area contributed by atoms with Gasteiger partial charge in [-0.05, 0) is 30.0 Å². The van der Waals surface area contributed by atoms with Crippen LogP contribution in [0.4, 0.5) is 0 Å². The fourth-order valence-electron chi connectivity index (χ4n) is 1.54. The maximum Gasteiger partial charge on any atom is 0.237 e. The topological polar surface area (TPSA) is 55.1 Å². The van der Waals surface area contributed by atoms with E-state index in [1.54, 1.807) is 0 Å². The summed E-state index contributed by atoms with van der Waals surface area (Å²) >= 11 is 3.37. The highest BCUT2D eigenvalue weighted by atomic mass is 79.9. The summed E-state index contributed by atoms with van der Waals surface area (Å²) in [5.41, 5.74) is 6.85. The second kappa shape index (κ2) is 6.77. The van der Waals surface area contributed by atoms with E-state index < -0.39 is 6.04 Å². The first-order chi connectivity index (χ1) is 7.99. The minimum Gasteiger partial charge on any atom is -0.351 e. The summed E-state index contributed by atoms with van der Waals surface area (Å²) in [5, 5.41) is 2.84. The van der Waals surface area contributed by atoms with Crippen molar-refractivity contribution in [2.45, 2.75) is 32.9 Å². The maximum atomic E-state index is 11.7. The molecule has 94 valence electrons. The van der Waals surface area contributed by atoms with Gasteiger partial charge in [-0.2, -0.15) is 0 Å². The number of carbonyl (C=O) groups is 1. The molecule has 17 heavy (non-hydrogen) atoms. The lowest BCUT2D eigenvalue weighted by Crippen LogP contribution is -2.40. The largest absolute Gasteiger partial charge is 0.351 e. The van der Waals surface area contributed by atoms with Gasteiger partial charge in [0.05, 0.1) is 6.04 Å². The molecular weight excluding hydrogens is 280 g/mol. The van der Waals surface area contributed by atoms with Crippen molar-refractivity contribution in [1.82, 2.24) is 5.32 Å². The summed E-state index contributed by atoms with van der Waals surface area (Å²) in [7, 11) is 0. The van der Waals surface area contributed by atoms with E-state index in [9.17, 15) is 4.79 Å². The number of nitrogens with one attached hydrogen (secondary N) is 1. The molecule has 0 saturated carbocycles. The maximum absolute atomic E-state index is 11.7. The molecule has 3 N–H and O–H groups in total. The molecule has 0 aliphatic rings. The van der Waals surface area contributed by atoms with Crippen molar-refractivity contribution < 1.29 is 4.79 Å². The molecule has 0 spiro atoms. The first kappa shape index (κ1) is 14.2. The van der Waals surface area contributed by atoms with Crippen LogP contribution in [0.15, 0.2) is 28.7 Å². The van der Waals surface area contributed by atoms with Gasteiger partial charge in [-0.3, -0.25) is 4.79 Å². The first-order valence-corrected chi connectivity index (χ1v) is 6.56. The van der Waals surface area contributed by atoms with Crippen molar-refractivity contribution in [3.8, 4) is 0 Å². The molecule has 0 bridgehead atoms. The van der Waals surface area contributed by atoms with Crippen molar-refractivity contribution in [3.63, 3.8) is 0 Å². The zero-order valence-electron chi connectivity index (χ0n) is 10.2. The predicted molar refractivity (Wildman–Crippen MR) is 73.4 cm³/mol. The first-order valence-electron chi connectivity index (χ1n) is 5.76. The highest BCUT2D eigenvalue weighted by molar-refractivity contribution is 9.10. The average Bonchev–Trinajstić information content (AvgIpc) is 2.27. The lowest BCUT2D eigenvalue weighted by Gasteiger charge is -2.14. The smallest absolute Gasteiger partial charge is 0.237 e. The third-order valence-corrected chi connectivity index (χ3v) is 2.97. The number of hydrogen-bond donors (Lipinski definition) is 2. The normalized spacial score (nSPS) is 12.5. The Bertz CT molecular complexity index is 362. The molecule has 0 aliphatic heterocycles. The second-order valence-corrected chi connectivity index (χ2v) is 5.50. The summed E-state index contributed by atoms with van der Waals surface area (Å²) in [6, 6.07) is 7.44. The Labute approximate surface area is 111 Å². The standard InChI is InChI=1S/C13H19BrN2O/c1-9(2)7-12(15)13(17)16-8-10-3-5-11(14)6-4-10/h3-6,9,12H,7-8,15H2,1-2H3,(H,16,17)/t12-/m1/s1. The highest BCUT2D eigenvalue weighted by Gasteiger charge is 2.14. The van der Waals surface area contributed by atoms with Gasteiger partial charge in [0.25, 0.3) is 0 Å². The number of benzene rings is 1. The Hall–Kier alpha value is -0.870. The van der Waals surface area contributed by atoms with E-state index in [4.69, 9.17) is 5.73 Å². The lowest BCUT2D eigenvalue weighted by molar-refractivity contribution is -0.122. The zero-order valence-corrected chi connectivity index (χ0v) is 11.8. The van der Waals surface area contributed by atoms with Crippen LogP contribution >= 0.6 is 15.9 Å². The SMILES string of the molecule is CC(C)C[C@@H](N)C(=O)NCc1ccc(Br)cc1. The second-order valence-electron chi connectivity index (χ2n) is 4.58. The van der Waals surface area contributed by atoms with Crippen LogP contribution < -0.4 is 11.1 Å². The Balaban J connectivity index is 2.40. The van der Waals surface area contributed by atoms with Gasteiger partial charge in [0, 0.05) is 11.0 Å². The molecule has 0 unspecified atom stereocenters. The van der Waals surface area contributed by atoms with E-state index in [0.29, 0.717) is 18.9 Å². The molecule has 0 aromatic heterocycles. The van der Waals surface area contributed by atoms with Crippen molar-refractivity contribution in [1.29, 1.82) is 0 Å². The van der Waals surface area contributed by atoms with E-state index in [-0.39, 0.29) is 5.91 Å². The molecule has 1 rings (SSSR count). The summed E-state index contributed by atoms with van der Waals surface area (Å²) < 4.78 is 1.03. The molecule has 0 radical (unpaired) electrons. The van der Waals surface area contributed by atoms with Crippen LogP contribution in [0.2, 0.25) is 0 Å². The number of carbonyl (C=O) groups excluding carboxylic acids is 1. The van der Waals surface area contributed by atoms with Crippen LogP contribution in [0.5, 0.6) is 0 Å². The number of hydrogen-bond acceptors (Lipinski definition) is 2. The van der Waals surface area contributed by atoms with Crippen molar-refractivity contribution >= 4 is 21.8 Å². The molecule has 0 aliphatic carbocycles. The molecule has 0 saturated heterocycles. The lowest BCUT2D eigenvalue weighted by atomic mass is 10.0. The Kier molecular flexibility index (Phi) is 5.65. The van der Waals surface area contributed by atoms with Gasteiger partial charge in [0.1, 0.15) is 0 Å². The third kappa shape index (κ3) is 5.33. The van der Waals surface area contributed by atoms with Crippen LogP contribution in [-0.2, 0) is 11.3 Å². The molecule has 1 amide bonds. The van der Waals surface area contributed by atoms with Crippen LogP contribution in [0.25, 0.3) is 0 Å². The number of nitrogens with two attached hydrogens (primary N) is 1. The van der Waals surface area contributed by atoms with Gasteiger partial charge in [0.2, 0.25) is 5.91 Å². The molecule has 1 aromatic rings. The van der Waals surface area contributed by atoms with Crippen LogP contribution in [-0.4, -0.2) is 11.9 Å². The molecule has 1 atom stereocenters. The van der Waals surface area contributed by atoms with Crippen molar-refractivity contribution in [2.75, 3.05) is 0 Å². The van der Waals surface area contributed by atoms with Crippen LogP contribution in [0.1, 0.15) is 25.8 Å². The molecule has 1 aromatic carbocycles. The molecule has 3 nitrogen and oxygen atoms in total. The van der Waals surface area contributed by atoms with Gasteiger partial charge in [-0.25, -0.2) is 0 Å². The Morgan fingerprint density at radius 2 is 1.94 bits per heavy atom.